The van der Waals surface area contributed by atoms with Crippen LogP contribution in [0.4, 0.5) is 0 Å². The summed E-state index contributed by atoms with van der Waals surface area (Å²) in [5.41, 5.74) is 2.12. The van der Waals surface area contributed by atoms with Gasteiger partial charge in [-0.25, -0.2) is 9.78 Å². The van der Waals surface area contributed by atoms with Crippen LogP contribution in [-0.4, -0.2) is 32.4 Å². The Labute approximate surface area is 238 Å². The summed E-state index contributed by atoms with van der Waals surface area (Å²) in [6.07, 6.45) is 5.35. The first-order valence-electron chi connectivity index (χ1n) is 13.2. The lowest BCUT2D eigenvalue weighted by molar-refractivity contribution is -0.116. The van der Waals surface area contributed by atoms with Crippen LogP contribution in [0, 0.1) is 11.8 Å². The Morgan fingerprint density at radius 1 is 1.10 bits per heavy atom. The summed E-state index contributed by atoms with van der Waals surface area (Å²) in [5, 5.41) is 27.4. The van der Waals surface area contributed by atoms with Gasteiger partial charge in [-0.05, 0) is 80.7 Å². The monoisotopic (exact) mass is 584 g/mol. The van der Waals surface area contributed by atoms with Crippen molar-refractivity contribution < 1.29 is 24.3 Å². The van der Waals surface area contributed by atoms with Gasteiger partial charge in [0.05, 0.1) is 38.5 Å². The molecule has 0 aliphatic heterocycles. The molecule has 0 saturated heterocycles. The van der Waals surface area contributed by atoms with Gasteiger partial charge in [0.1, 0.15) is 22.1 Å². The Balaban J connectivity index is 1.13. The van der Waals surface area contributed by atoms with Crippen molar-refractivity contribution in [3.8, 4) is 11.3 Å². The zero-order valence-electron chi connectivity index (χ0n) is 20.9. The minimum absolute atomic E-state index is 0.0172. The van der Waals surface area contributed by atoms with Gasteiger partial charge >= 0.3 is 5.97 Å². The Kier molecular flexibility index (Phi) is 6.25. The van der Waals surface area contributed by atoms with Crippen molar-refractivity contribution in [3.05, 3.63) is 68.3 Å². The molecule has 2 N–H and O–H groups in total. The number of hydrogen-bond acceptors (Lipinski definition) is 7. The molecule has 2 aromatic carbocycles. The third-order valence-corrected chi connectivity index (χ3v) is 10.4. The molecule has 3 aliphatic rings. The zero-order chi connectivity index (χ0) is 26.9. The topological polar surface area (TPSA) is 106 Å². The molecule has 3 saturated carbocycles. The molecule has 0 radical (unpaired) electrons. The molecule has 4 atom stereocenters. The predicted molar refractivity (Wildman–Crippen MR) is 148 cm³/mol. The van der Waals surface area contributed by atoms with E-state index in [1.54, 1.807) is 30.3 Å². The number of rotatable bonds is 7. The van der Waals surface area contributed by atoms with Crippen LogP contribution in [0.15, 0.2) is 40.9 Å². The number of hydrogen-bond donors (Lipinski definition) is 2. The summed E-state index contributed by atoms with van der Waals surface area (Å²) in [5.74, 6) is 0.263. The van der Waals surface area contributed by atoms with Crippen LogP contribution < -0.4 is 0 Å². The summed E-state index contributed by atoms with van der Waals surface area (Å²) in [6.45, 7) is 0.341. The third kappa shape index (κ3) is 4.28. The van der Waals surface area contributed by atoms with Crippen molar-refractivity contribution >= 4 is 50.7 Å². The highest BCUT2D eigenvalue weighted by Crippen LogP contribution is 2.57. The maximum Gasteiger partial charge on any atom is 0.335 e. The fraction of sp³-hybridized carbons (Fsp3) is 0.414. The second-order valence-corrected chi connectivity index (χ2v) is 12.8. The number of aromatic nitrogens is 2. The van der Waals surface area contributed by atoms with Crippen molar-refractivity contribution in [2.24, 2.45) is 11.8 Å². The summed E-state index contributed by atoms with van der Waals surface area (Å²) in [7, 11) is 0. The number of thiazole rings is 1. The molecule has 2 aromatic heterocycles. The van der Waals surface area contributed by atoms with Gasteiger partial charge < -0.3 is 19.5 Å². The molecule has 3 aliphatic carbocycles. The van der Waals surface area contributed by atoms with Crippen molar-refractivity contribution in [3.63, 3.8) is 0 Å². The number of carboxylic acids is 1. The van der Waals surface area contributed by atoms with Crippen LogP contribution in [0.3, 0.4) is 0 Å². The zero-order valence-corrected chi connectivity index (χ0v) is 23.2. The standard InChI is InChI=1S/C29H26Cl2N2O5S/c30-20-2-1-3-21(31)24(20)25-19(26(38-33-25)14-4-5-14)13-37-18-11-16-7-8-17(12-18)29(16,36)28-32-22-9-6-15(27(34)35)10-23(22)39-28/h1-3,6,9-10,14,16-18,36H,4-5,7-8,11-13H2,(H,34,35)/t16-,17+,18+,29+. The minimum atomic E-state index is -1.03. The Hall–Kier alpha value is -2.49. The number of nitrogens with zero attached hydrogens (tertiary/aromatic N) is 2. The molecular formula is C29H26Cl2N2O5S. The van der Waals surface area contributed by atoms with Crippen molar-refractivity contribution in [2.75, 3.05) is 0 Å². The lowest BCUT2D eigenvalue weighted by atomic mass is 9.73. The second kappa shape index (κ2) is 9.56. The van der Waals surface area contributed by atoms with Crippen LogP contribution in [-0.2, 0) is 16.9 Å². The van der Waals surface area contributed by atoms with E-state index in [2.05, 4.69) is 5.16 Å². The molecule has 0 spiro atoms. The molecule has 2 heterocycles. The second-order valence-electron chi connectivity index (χ2n) is 11.0. The molecule has 7 rings (SSSR count). The molecule has 0 amide bonds. The van der Waals surface area contributed by atoms with Crippen LogP contribution in [0.25, 0.3) is 21.5 Å². The van der Waals surface area contributed by atoms with E-state index < -0.39 is 11.6 Å². The largest absolute Gasteiger partial charge is 0.478 e. The summed E-state index contributed by atoms with van der Waals surface area (Å²) < 4.78 is 13.1. The smallest absolute Gasteiger partial charge is 0.335 e. The van der Waals surface area contributed by atoms with E-state index in [-0.39, 0.29) is 23.5 Å². The van der Waals surface area contributed by atoms with Gasteiger partial charge in [-0.3, -0.25) is 0 Å². The average molecular weight is 586 g/mol. The molecule has 0 unspecified atom stereocenters. The number of halogens is 2. The van der Waals surface area contributed by atoms with Crippen LogP contribution in [0.5, 0.6) is 0 Å². The Morgan fingerprint density at radius 3 is 2.49 bits per heavy atom. The summed E-state index contributed by atoms with van der Waals surface area (Å²) in [6, 6.07) is 10.3. The molecule has 7 nitrogen and oxygen atoms in total. The van der Waals surface area contributed by atoms with Crippen molar-refractivity contribution in [2.45, 2.75) is 62.8 Å². The number of ether oxygens (including phenoxy) is 1. The SMILES string of the molecule is O=C(O)c1ccc2nc([C@]3(O)[C@@H]4CC[C@H]3C[C@@H](OCc3c(-c5c(Cl)cccc5Cl)noc3C3CC3)C4)sc2c1. The van der Waals surface area contributed by atoms with E-state index in [4.69, 9.17) is 37.4 Å². The average Bonchev–Trinajstić information content (AvgIpc) is 3.49. The first-order valence-corrected chi connectivity index (χ1v) is 14.8. The highest BCUT2D eigenvalue weighted by atomic mass is 35.5. The summed E-state index contributed by atoms with van der Waals surface area (Å²) >= 11 is 14.4. The predicted octanol–water partition coefficient (Wildman–Crippen LogP) is 7.43. The number of carboxylic acid groups (broad SMARTS) is 1. The number of carbonyl (C=O) groups is 1. The fourth-order valence-electron chi connectivity index (χ4n) is 6.47. The fourth-order valence-corrected chi connectivity index (χ4v) is 8.30. The quantitative estimate of drug-likeness (QED) is 0.232. The van der Waals surface area contributed by atoms with E-state index in [1.165, 1.54) is 11.3 Å². The van der Waals surface area contributed by atoms with Crippen molar-refractivity contribution in [1.29, 1.82) is 0 Å². The van der Waals surface area contributed by atoms with E-state index in [9.17, 15) is 15.0 Å². The minimum Gasteiger partial charge on any atom is -0.478 e. The third-order valence-electron chi connectivity index (χ3n) is 8.61. The van der Waals surface area contributed by atoms with Gasteiger partial charge in [0.15, 0.2) is 0 Å². The van der Waals surface area contributed by atoms with E-state index in [0.29, 0.717) is 38.8 Å². The first kappa shape index (κ1) is 25.5. The van der Waals surface area contributed by atoms with Gasteiger partial charge in [0, 0.05) is 17.0 Å². The maximum atomic E-state index is 12.0. The number of aromatic carboxylic acids is 1. The van der Waals surface area contributed by atoms with Gasteiger partial charge in [0.25, 0.3) is 0 Å². The van der Waals surface area contributed by atoms with Gasteiger partial charge in [-0.1, -0.05) is 34.4 Å². The number of aliphatic hydroxyl groups is 1. The van der Waals surface area contributed by atoms with Crippen molar-refractivity contribution in [1.82, 2.24) is 10.1 Å². The van der Waals surface area contributed by atoms with Crippen LogP contribution >= 0.6 is 34.5 Å². The lowest BCUT2D eigenvalue weighted by Gasteiger charge is -2.41. The molecular weight excluding hydrogens is 559 g/mol. The molecule has 202 valence electrons. The lowest BCUT2D eigenvalue weighted by Crippen LogP contribution is -2.44. The molecule has 3 fully saturated rings. The maximum absolute atomic E-state index is 12.0. The highest BCUT2D eigenvalue weighted by Gasteiger charge is 2.56. The normalized spacial score (nSPS) is 26.4. The Morgan fingerprint density at radius 2 is 1.82 bits per heavy atom. The van der Waals surface area contributed by atoms with E-state index in [0.717, 1.165) is 60.1 Å². The van der Waals surface area contributed by atoms with E-state index in [1.807, 2.05) is 6.07 Å². The molecule has 4 aromatic rings. The van der Waals surface area contributed by atoms with Gasteiger partial charge in [-0.15, -0.1) is 11.3 Å². The van der Waals surface area contributed by atoms with Crippen LogP contribution in [0.2, 0.25) is 10.0 Å². The number of benzene rings is 2. The molecule has 2 bridgehead atoms. The molecule has 39 heavy (non-hydrogen) atoms. The Bertz CT molecular complexity index is 1560. The molecule has 10 heteroatoms. The van der Waals surface area contributed by atoms with E-state index >= 15 is 0 Å². The first-order chi connectivity index (χ1) is 18.8. The van der Waals surface area contributed by atoms with Crippen LogP contribution in [0.1, 0.15) is 71.1 Å². The van der Waals surface area contributed by atoms with Gasteiger partial charge in [-0.2, -0.15) is 0 Å². The summed E-state index contributed by atoms with van der Waals surface area (Å²) in [4.78, 5) is 16.2. The highest BCUT2D eigenvalue weighted by molar-refractivity contribution is 7.18. The van der Waals surface area contributed by atoms with Gasteiger partial charge in [0.2, 0.25) is 0 Å². The number of fused-ring (bicyclic) bond motifs is 3.